The molecule has 2 aromatic rings. The molecule has 2 rings (SSSR count). The van der Waals surface area contributed by atoms with E-state index in [9.17, 15) is 4.39 Å². The van der Waals surface area contributed by atoms with Gasteiger partial charge in [0.25, 0.3) is 0 Å². The van der Waals surface area contributed by atoms with Crippen LogP contribution in [-0.4, -0.2) is 0 Å². The van der Waals surface area contributed by atoms with Crippen molar-refractivity contribution in [1.29, 1.82) is 0 Å². The summed E-state index contributed by atoms with van der Waals surface area (Å²) < 4.78 is 13.4. The molecule has 0 nitrogen and oxygen atoms in total. The van der Waals surface area contributed by atoms with Crippen molar-refractivity contribution in [2.75, 3.05) is 0 Å². The van der Waals surface area contributed by atoms with Crippen LogP contribution in [0, 0.1) is 12.7 Å². The third kappa shape index (κ3) is 3.59. The lowest BCUT2D eigenvalue weighted by molar-refractivity contribution is 0.617. The molecule has 0 aromatic heterocycles. The zero-order chi connectivity index (χ0) is 14.9. The zero-order valence-electron chi connectivity index (χ0n) is 10.6. The second-order valence-electron chi connectivity index (χ2n) is 4.54. The molecule has 0 N–H and O–H groups in total. The molecule has 0 radical (unpaired) electrons. The van der Waals surface area contributed by atoms with Gasteiger partial charge < -0.3 is 0 Å². The van der Waals surface area contributed by atoms with E-state index in [1.165, 1.54) is 6.07 Å². The molecule has 0 saturated carbocycles. The SMILES string of the molecule is Cc1cc(C(Cl)Cc2ccc(Cl)c(Cl)c2)c(Cl)cc1F. The van der Waals surface area contributed by atoms with Crippen LogP contribution in [-0.2, 0) is 6.42 Å². The van der Waals surface area contributed by atoms with E-state index in [0.717, 1.165) is 5.56 Å². The van der Waals surface area contributed by atoms with Gasteiger partial charge in [0.05, 0.1) is 15.4 Å². The second-order valence-corrected chi connectivity index (χ2v) is 6.29. The summed E-state index contributed by atoms with van der Waals surface area (Å²) in [6.07, 6.45) is 0.531. The first-order valence-electron chi connectivity index (χ1n) is 5.92. The molecule has 106 valence electrons. The fourth-order valence-electron chi connectivity index (χ4n) is 1.90. The van der Waals surface area contributed by atoms with Gasteiger partial charge in [-0.15, -0.1) is 11.6 Å². The van der Waals surface area contributed by atoms with E-state index in [2.05, 4.69) is 0 Å². The summed E-state index contributed by atoms with van der Waals surface area (Å²) >= 11 is 24.3. The maximum Gasteiger partial charge on any atom is 0.127 e. The van der Waals surface area contributed by atoms with Crippen LogP contribution in [0.15, 0.2) is 30.3 Å². The molecule has 0 aliphatic heterocycles. The van der Waals surface area contributed by atoms with Gasteiger partial charge >= 0.3 is 0 Å². The lowest BCUT2D eigenvalue weighted by Gasteiger charge is -2.13. The minimum atomic E-state index is -0.362. The minimum absolute atomic E-state index is 0.327. The van der Waals surface area contributed by atoms with E-state index in [1.54, 1.807) is 25.1 Å². The zero-order valence-corrected chi connectivity index (χ0v) is 13.6. The Kier molecular flexibility index (Phi) is 5.19. The monoisotopic (exact) mass is 350 g/mol. The van der Waals surface area contributed by atoms with Gasteiger partial charge in [-0.3, -0.25) is 0 Å². The van der Waals surface area contributed by atoms with Gasteiger partial charge in [-0.05, 0) is 48.2 Å². The van der Waals surface area contributed by atoms with Crippen LogP contribution in [0.1, 0.15) is 22.1 Å². The van der Waals surface area contributed by atoms with E-state index in [1.807, 2.05) is 6.07 Å². The van der Waals surface area contributed by atoms with Crippen molar-refractivity contribution in [3.05, 3.63) is 67.9 Å². The van der Waals surface area contributed by atoms with Crippen LogP contribution in [0.3, 0.4) is 0 Å². The highest BCUT2D eigenvalue weighted by Gasteiger charge is 2.15. The molecule has 1 unspecified atom stereocenters. The molecule has 2 aromatic carbocycles. The number of benzene rings is 2. The van der Waals surface area contributed by atoms with Crippen LogP contribution in [0.4, 0.5) is 4.39 Å². The first-order chi connectivity index (χ1) is 9.38. The Hall–Kier alpha value is -0.470. The summed E-state index contributed by atoms with van der Waals surface area (Å²) in [5, 5.41) is 0.943. The van der Waals surface area contributed by atoms with E-state index >= 15 is 0 Å². The average Bonchev–Trinajstić information content (AvgIpc) is 2.38. The molecule has 0 saturated heterocycles. The Bertz CT molecular complexity index is 640. The number of halogens is 5. The molecule has 0 heterocycles. The van der Waals surface area contributed by atoms with Crippen molar-refractivity contribution < 1.29 is 4.39 Å². The van der Waals surface area contributed by atoms with Gasteiger partial charge in [0, 0.05) is 5.02 Å². The molecule has 0 aliphatic carbocycles. The third-order valence-corrected chi connectivity index (χ3v) is 4.47. The van der Waals surface area contributed by atoms with Crippen molar-refractivity contribution in [2.24, 2.45) is 0 Å². The van der Waals surface area contributed by atoms with E-state index in [0.29, 0.717) is 32.6 Å². The van der Waals surface area contributed by atoms with Gasteiger partial charge in [-0.2, -0.15) is 0 Å². The van der Waals surface area contributed by atoms with Crippen LogP contribution in [0.5, 0.6) is 0 Å². The van der Waals surface area contributed by atoms with Gasteiger partial charge in [-0.25, -0.2) is 4.39 Å². The Morgan fingerprint density at radius 1 is 1.00 bits per heavy atom. The predicted octanol–water partition coefficient (Wildman–Crippen LogP) is 6.62. The summed E-state index contributed by atoms with van der Waals surface area (Å²) in [5.41, 5.74) is 2.17. The highest BCUT2D eigenvalue weighted by atomic mass is 35.5. The van der Waals surface area contributed by atoms with E-state index in [4.69, 9.17) is 46.4 Å². The summed E-state index contributed by atoms with van der Waals surface area (Å²) in [7, 11) is 0. The Morgan fingerprint density at radius 2 is 1.70 bits per heavy atom. The maximum absolute atomic E-state index is 13.4. The molecule has 0 fully saturated rings. The first-order valence-corrected chi connectivity index (χ1v) is 7.49. The Labute approximate surface area is 137 Å². The molecule has 5 heteroatoms. The molecular weight excluding hydrogens is 341 g/mol. The predicted molar refractivity (Wildman–Crippen MR) is 84.9 cm³/mol. The van der Waals surface area contributed by atoms with Crippen molar-refractivity contribution in [1.82, 2.24) is 0 Å². The molecule has 1 atom stereocenters. The molecule has 0 bridgehead atoms. The Morgan fingerprint density at radius 3 is 2.35 bits per heavy atom. The number of aryl methyl sites for hydroxylation is 1. The first kappa shape index (κ1) is 15.9. The third-order valence-electron chi connectivity index (χ3n) is 3.01. The molecule has 0 spiro atoms. The Balaban J connectivity index is 2.25. The van der Waals surface area contributed by atoms with Gasteiger partial charge in [0.1, 0.15) is 5.82 Å². The standard InChI is InChI=1S/C15H11Cl4F/c1-8-4-10(13(18)7-15(8)20)12(17)5-9-2-3-11(16)14(19)6-9/h2-4,6-7,12H,5H2,1H3. The lowest BCUT2D eigenvalue weighted by Crippen LogP contribution is -1.99. The van der Waals surface area contributed by atoms with Gasteiger partial charge in [0.2, 0.25) is 0 Å². The number of rotatable bonds is 3. The highest BCUT2D eigenvalue weighted by molar-refractivity contribution is 6.42. The van der Waals surface area contributed by atoms with Crippen molar-refractivity contribution in [3.8, 4) is 0 Å². The number of alkyl halides is 1. The van der Waals surface area contributed by atoms with Crippen LogP contribution in [0.25, 0.3) is 0 Å². The van der Waals surface area contributed by atoms with Crippen molar-refractivity contribution in [3.63, 3.8) is 0 Å². The summed E-state index contributed by atoms with van der Waals surface area (Å²) in [6.45, 7) is 1.68. The lowest BCUT2D eigenvalue weighted by atomic mass is 10.0. The largest absolute Gasteiger partial charge is 0.207 e. The fourth-order valence-corrected chi connectivity index (χ4v) is 2.92. The highest BCUT2D eigenvalue weighted by Crippen LogP contribution is 2.33. The second kappa shape index (κ2) is 6.53. The van der Waals surface area contributed by atoms with Crippen molar-refractivity contribution in [2.45, 2.75) is 18.7 Å². The van der Waals surface area contributed by atoms with Crippen LogP contribution in [0.2, 0.25) is 15.1 Å². The maximum atomic E-state index is 13.4. The summed E-state index contributed by atoms with van der Waals surface area (Å²) in [6, 6.07) is 8.31. The average molecular weight is 352 g/mol. The molecule has 0 aliphatic rings. The topological polar surface area (TPSA) is 0 Å². The number of hydrogen-bond donors (Lipinski definition) is 0. The summed E-state index contributed by atoms with van der Waals surface area (Å²) in [4.78, 5) is 0. The smallest absolute Gasteiger partial charge is 0.127 e. The molecule has 20 heavy (non-hydrogen) atoms. The normalized spacial score (nSPS) is 12.5. The molecular formula is C15H11Cl4F. The van der Waals surface area contributed by atoms with Gasteiger partial charge in [0.15, 0.2) is 0 Å². The quantitative estimate of drug-likeness (QED) is 0.545. The van der Waals surface area contributed by atoms with Crippen molar-refractivity contribution >= 4 is 46.4 Å². The van der Waals surface area contributed by atoms with E-state index < -0.39 is 0 Å². The van der Waals surface area contributed by atoms with Gasteiger partial charge in [-0.1, -0.05) is 46.9 Å². The van der Waals surface area contributed by atoms with E-state index in [-0.39, 0.29) is 11.2 Å². The molecule has 0 amide bonds. The number of hydrogen-bond acceptors (Lipinski definition) is 0. The minimum Gasteiger partial charge on any atom is -0.207 e. The fraction of sp³-hybridized carbons (Fsp3) is 0.200. The van der Waals surface area contributed by atoms with Crippen LogP contribution < -0.4 is 0 Å². The summed E-state index contributed by atoms with van der Waals surface area (Å²) in [5.74, 6) is -0.336. The van der Waals surface area contributed by atoms with Crippen LogP contribution >= 0.6 is 46.4 Å².